The maximum absolute atomic E-state index is 6.07. The molecule has 246 valence electrons. The first-order chi connectivity index (χ1) is 22.5. The lowest BCUT2D eigenvalue weighted by molar-refractivity contribution is 0.567. The highest BCUT2D eigenvalue weighted by atomic mass is 14.5. The smallest absolute Gasteiger partial charge is 0.0316 e. The summed E-state index contributed by atoms with van der Waals surface area (Å²) in [6.45, 7) is 4.50. The molecule has 0 aliphatic heterocycles. The van der Waals surface area contributed by atoms with Gasteiger partial charge in [0.25, 0.3) is 0 Å². The zero-order valence-electron chi connectivity index (χ0n) is 29.0. The van der Waals surface area contributed by atoms with Crippen LogP contribution < -0.4 is 11.5 Å². The van der Waals surface area contributed by atoms with E-state index in [1.54, 1.807) is 0 Å². The predicted molar refractivity (Wildman–Crippen MR) is 202 cm³/mol. The van der Waals surface area contributed by atoms with E-state index in [-0.39, 0.29) is 0 Å². The van der Waals surface area contributed by atoms with Crippen LogP contribution in [0.3, 0.4) is 0 Å². The van der Waals surface area contributed by atoms with E-state index in [0.717, 1.165) is 37.1 Å². The lowest BCUT2D eigenvalue weighted by Gasteiger charge is -2.11. The second-order valence-corrected chi connectivity index (χ2v) is 13.6. The maximum Gasteiger partial charge on any atom is 0.0316 e. The molecule has 2 nitrogen and oxygen atoms in total. The van der Waals surface area contributed by atoms with Gasteiger partial charge in [0.1, 0.15) is 0 Å². The van der Waals surface area contributed by atoms with Crippen LogP contribution in [0.1, 0.15) is 135 Å². The van der Waals surface area contributed by atoms with E-state index in [1.807, 2.05) is 12.1 Å². The number of nitrogens with two attached hydrogens (primary N) is 2. The molecule has 4 aromatic carbocycles. The molecule has 0 saturated carbocycles. The Morgan fingerprint density at radius 1 is 0.348 bits per heavy atom. The molecule has 0 heterocycles. The van der Waals surface area contributed by atoms with Gasteiger partial charge in [-0.2, -0.15) is 0 Å². The molecular formula is C44H60N2. The Bertz CT molecular complexity index is 1310. The third-order valence-corrected chi connectivity index (χ3v) is 9.58. The summed E-state index contributed by atoms with van der Waals surface area (Å²) in [6.07, 6.45) is 22.3. The Balaban J connectivity index is 1.05. The van der Waals surface area contributed by atoms with Crippen molar-refractivity contribution in [3.05, 3.63) is 129 Å². The highest BCUT2D eigenvalue weighted by Gasteiger charge is 2.07. The summed E-state index contributed by atoms with van der Waals surface area (Å²) in [5.74, 6) is 0. The largest absolute Gasteiger partial charge is 0.399 e. The lowest BCUT2D eigenvalue weighted by atomic mass is 9.95. The van der Waals surface area contributed by atoms with Gasteiger partial charge in [0.2, 0.25) is 0 Å². The van der Waals surface area contributed by atoms with Gasteiger partial charge in [-0.05, 0) is 133 Å². The fourth-order valence-corrected chi connectivity index (χ4v) is 6.64. The molecule has 4 N–H and O–H groups in total. The fraction of sp³-hybridized carbons (Fsp3) is 0.455. The minimum absolute atomic E-state index is 0.880. The molecule has 0 atom stereocenters. The number of aryl methyl sites for hydroxylation is 4. The van der Waals surface area contributed by atoms with E-state index in [0.29, 0.717) is 0 Å². The first-order valence-electron chi connectivity index (χ1n) is 18.4. The van der Waals surface area contributed by atoms with Gasteiger partial charge in [0, 0.05) is 11.4 Å². The number of benzene rings is 4. The zero-order valence-corrected chi connectivity index (χ0v) is 29.0. The molecule has 0 fully saturated rings. The van der Waals surface area contributed by atoms with E-state index in [4.69, 9.17) is 11.5 Å². The molecule has 0 unspecified atom stereocenters. The molecule has 2 heteroatoms. The van der Waals surface area contributed by atoms with Crippen molar-refractivity contribution in [3.8, 4) is 0 Å². The predicted octanol–water partition coefficient (Wildman–Crippen LogP) is 11.6. The van der Waals surface area contributed by atoms with Crippen molar-refractivity contribution in [2.75, 3.05) is 11.5 Å². The number of anilines is 2. The molecular weight excluding hydrogens is 556 g/mol. The second kappa shape index (κ2) is 19.9. The number of hydrogen-bond acceptors (Lipinski definition) is 2. The molecule has 0 saturated heterocycles. The van der Waals surface area contributed by atoms with Gasteiger partial charge in [-0.3, -0.25) is 0 Å². The molecule has 4 aromatic rings. The Kier molecular flexibility index (Phi) is 15.3. The first-order valence-corrected chi connectivity index (χ1v) is 18.4. The average molecular weight is 617 g/mol. The maximum atomic E-state index is 6.07. The van der Waals surface area contributed by atoms with Gasteiger partial charge in [0.05, 0.1) is 0 Å². The Hall–Kier alpha value is -3.52. The van der Waals surface area contributed by atoms with Gasteiger partial charge in [-0.15, -0.1) is 0 Å². The Morgan fingerprint density at radius 3 is 1.07 bits per heavy atom. The van der Waals surface area contributed by atoms with Crippen LogP contribution in [0.4, 0.5) is 11.4 Å². The summed E-state index contributed by atoms with van der Waals surface area (Å²) >= 11 is 0. The monoisotopic (exact) mass is 616 g/mol. The SMILES string of the molecule is CCCCc1cc(N)ccc1Cc1ccc(CCCCCCCCCCc2ccc(Cc3ccc(N)cc3CCCC)cc2)cc1. The zero-order chi connectivity index (χ0) is 32.4. The highest BCUT2D eigenvalue weighted by Crippen LogP contribution is 2.22. The van der Waals surface area contributed by atoms with Crippen LogP contribution in [0.2, 0.25) is 0 Å². The molecule has 0 spiro atoms. The van der Waals surface area contributed by atoms with Crippen LogP contribution >= 0.6 is 0 Å². The fourth-order valence-electron chi connectivity index (χ4n) is 6.64. The highest BCUT2D eigenvalue weighted by molar-refractivity contribution is 5.47. The van der Waals surface area contributed by atoms with E-state index in [1.165, 1.54) is 134 Å². The minimum atomic E-state index is 0.880. The summed E-state index contributed by atoms with van der Waals surface area (Å²) in [4.78, 5) is 0. The van der Waals surface area contributed by atoms with Crippen LogP contribution in [0.25, 0.3) is 0 Å². The van der Waals surface area contributed by atoms with E-state index in [9.17, 15) is 0 Å². The Morgan fingerprint density at radius 2 is 0.696 bits per heavy atom. The van der Waals surface area contributed by atoms with Crippen LogP contribution in [-0.4, -0.2) is 0 Å². The summed E-state index contributed by atoms with van der Waals surface area (Å²) in [6, 6.07) is 31.6. The average Bonchev–Trinajstić information content (AvgIpc) is 3.07. The summed E-state index contributed by atoms with van der Waals surface area (Å²) in [5, 5.41) is 0. The van der Waals surface area contributed by atoms with Gasteiger partial charge in [-0.1, -0.05) is 126 Å². The topological polar surface area (TPSA) is 52.0 Å². The van der Waals surface area contributed by atoms with Gasteiger partial charge in [0.15, 0.2) is 0 Å². The van der Waals surface area contributed by atoms with Crippen molar-refractivity contribution in [2.45, 2.75) is 129 Å². The van der Waals surface area contributed by atoms with Crippen LogP contribution in [0.15, 0.2) is 84.9 Å². The van der Waals surface area contributed by atoms with Crippen molar-refractivity contribution in [2.24, 2.45) is 0 Å². The summed E-state index contributed by atoms with van der Waals surface area (Å²) < 4.78 is 0. The van der Waals surface area contributed by atoms with Crippen molar-refractivity contribution >= 4 is 11.4 Å². The van der Waals surface area contributed by atoms with Crippen molar-refractivity contribution in [3.63, 3.8) is 0 Å². The number of hydrogen-bond donors (Lipinski definition) is 2. The number of rotatable bonds is 21. The third kappa shape index (κ3) is 12.3. The van der Waals surface area contributed by atoms with Gasteiger partial charge in [-0.25, -0.2) is 0 Å². The minimum Gasteiger partial charge on any atom is -0.399 e. The third-order valence-electron chi connectivity index (χ3n) is 9.58. The standard InChI is InChI=1S/C44H60N2/c1-3-5-17-39-33-43(45)29-27-41(39)31-37-23-19-35(20-24-37)15-13-11-9-7-8-10-12-14-16-36-21-25-38(26-22-36)32-42-28-30-44(46)34-40(42)18-6-4-2/h19-30,33-34H,3-18,31-32,45-46H2,1-2H3. The molecule has 46 heavy (non-hydrogen) atoms. The van der Waals surface area contributed by atoms with Crippen LogP contribution in [0, 0.1) is 0 Å². The normalized spacial score (nSPS) is 11.3. The molecule has 0 amide bonds. The molecule has 0 aromatic heterocycles. The van der Waals surface area contributed by atoms with Crippen molar-refractivity contribution in [1.29, 1.82) is 0 Å². The van der Waals surface area contributed by atoms with Crippen molar-refractivity contribution < 1.29 is 0 Å². The molecule has 4 rings (SSSR count). The van der Waals surface area contributed by atoms with E-state index < -0.39 is 0 Å². The van der Waals surface area contributed by atoms with E-state index >= 15 is 0 Å². The second-order valence-electron chi connectivity index (χ2n) is 13.6. The first kappa shape index (κ1) is 35.3. The molecule has 0 radical (unpaired) electrons. The van der Waals surface area contributed by atoms with Gasteiger partial charge < -0.3 is 11.5 Å². The quantitative estimate of drug-likeness (QED) is 0.0723. The molecule has 0 aliphatic rings. The summed E-state index contributed by atoms with van der Waals surface area (Å²) in [7, 11) is 0. The van der Waals surface area contributed by atoms with Gasteiger partial charge >= 0.3 is 0 Å². The summed E-state index contributed by atoms with van der Waals surface area (Å²) in [5.41, 5.74) is 25.3. The van der Waals surface area contributed by atoms with Crippen LogP contribution in [0.5, 0.6) is 0 Å². The number of nitrogen functional groups attached to an aromatic ring is 2. The molecule has 0 aliphatic carbocycles. The van der Waals surface area contributed by atoms with Crippen molar-refractivity contribution in [1.82, 2.24) is 0 Å². The van der Waals surface area contributed by atoms with Crippen LogP contribution in [-0.2, 0) is 38.5 Å². The van der Waals surface area contributed by atoms with E-state index in [2.05, 4.69) is 86.6 Å². The molecule has 0 bridgehead atoms. The number of unbranched alkanes of at least 4 members (excludes halogenated alkanes) is 9. The lowest BCUT2D eigenvalue weighted by Crippen LogP contribution is -1.98. The Labute approximate surface area is 281 Å².